The molecule has 22 heavy (non-hydrogen) atoms. The average molecular weight is 294 g/mol. The number of aromatic amines is 2. The van der Waals surface area contributed by atoms with Gasteiger partial charge in [0.05, 0.1) is 5.56 Å². The van der Waals surface area contributed by atoms with Crippen LogP contribution in [0.1, 0.15) is 16.7 Å². The molecule has 5 nitrogen and oxygen atoms in total. The van der Waals surface area contributed by atoms with Gasteiger partial charge < -0.3 is 10.1 Å². The van der Waals surface area contributed by atoms with Gasteiger partial charge in [-0.25, -0.2) is 4.79 Å². The Labute approximate surface area is 125 Å². The molecule has 0 aliphatic carbocycles. The Kier molecular flexibility index (Phi) is 3.48. The van der Waals surface area contributed by atoms with E-state index in [1.165, 1.54) is 6.20 Å². The van der Waals surface area contributed by atoms with E-state index in [1.54, 1.807) is 48.5 Å². The van der Waals surface area contributed by atoms with Gasteiger partial charge in [0, 0.05) is 6.20 Å². The molecule has 0 atom stereocenters. The summed E-state index contributed by atoms with van der Waals surface area (Å²) >= 11 is 0. The number of benzene rings is 2. The molecular formula is C17H14N2O3. The molecule has 3 aromatic rings. The molecule has 0 amide bonds. The summed E-state index contributed by atoms with van der Waals surface area (Å²) in [4.78, 5) is 28.0. The van der Waals surface area contributed by atoms with Gasteiger partial charge in [-0.3, -0.25) is 9.78 Å². The van der Waals surface area contributed by atoms with E-state index in [0.29, 0.717) is 11.1 Å². The first-order chi connectivity index (χ1) is 10.6. The maximum Gasteiger partial charge on any atom is 0.325 e. The van der Waals surface area contributed by atoms with Gasteiger partial charge in [-0.15, -0.1) is 0 Å². The maximum absolute atomic E-state index is 12.2. The fourth-order valence-corrected chi connectivity index (χ4v) is 2.51. The standard InChI is InChI=1S/C17H14N2O3/c20-15-14(11-18-16(21)19-15)17(22,12-7-3-1-4-8-12)13-9-5-2-6-10-13/h1-11,22H,(H2,18,19,20,21). The van der Waals surface area contributed by atoms with Crippen molar-refractivity contribution in [3.63, 3.8) is 0 Å². The Hall–Kier alpha value is -2.92. The van der Waals surface area contributed by atoms with Crippen LogP contribution in [0.25, 0.3) is 0 Å². The van der Waals surface area contributed by atoms with Gasteiger partial charge in [-0.1, -0.05) is 60.7 Å². The molecule has 0 aliphatic heterocycles. The van der Waals surface area contributed by atoms with E-state index < -0.39 is 16.9 Å². The number of rotatable bonds is 3. The van der Waals surface area contributed by atoms with E-state index in [9.17, 15) is 14.7 Å². The third-order valence-electron chi connectivity index (χ3n) is 3.59. The lowest BCUT2D eigenvalue weighted by Gasteiger charge is -2.28. The van der Waals surface area contributed by atoms with Crippen LogP contribution < -0.4 is 11.2 Å². The lowest BCUT2D eigenvalue weighted by molar-refractivity contribution is 0.123. The van der Waals surface area contributed by atoms with Crippen molar-refractivity contribution in [1.29, 1.82) is 0 Å². The lowest BCUT2D eigenvalue weighted by Crippen LogP contribution is -2.38. The number of nitrogens with one attached hydrogen (secondary N) is 2. The molecule has 0 spiro atoms. The van der Waals surface area contributed by atoms with Gasteiger partial charge in [0.15, 0.2) is 0 Å². The molecule has 0 bridgehead atoms. The minimum absolute atomic E-state index is 0.0597. The highest BCUT2D eigenvalue weighted by molar-refractivity contribution is 5.45. The van der Waals surface area contributed by atoms with Crippen LogP contribution >= 0.6 is 0 Å². The van der Waals surface area contributed by atoms with E-state index in [0.717, 1.165) is 0 Å². The summed E-state index contributed by atoms with van der Waals surface area (Å²) in [6.45, 7) is 0. The first kappa shape index (κ1) is 14.0. The van der Waals surface area contributed by atoms with Crippen molar-refractivity contribution in [1.82, 2.24) is 9.97 Å². The van der Waals surface area contributed by atoms with Crippen LogP contribution in [0.5, 0.6) is 0 Å². The number of aromatic nitrogens is 2. The van der Waals surface area contributed by atoms with Gasteiger partial charge in [0.1, 0.15) is 5.60 Å². The zero-order valence-electron chi connectivity index (χ0n) is 11.6. The second-order valence-corrected chi connectivity index (χ2v) is 4.93. The van der Waals surface area contributed by atoms with Crippen LogP contribution in [-0.4, -0.2) is 15.1 Å². The number of aliphatic hydroxyl groups is 1. The molecule has 110 valence electrons. The summed E-state index contributed by atoms with van der Waals surface area (Å²) in [5, 5.41) is 11.4. The van der Waals surface area contributed by atoms with Crippen molar-refractivity contribution < 1.29 is 5.11 Å². The van der Waals surface area contributed by atoms with Crippen molar-refractivity contribution in [3.05, 3.63) is 104 Å². The van der Waals surface area contributed by atoms with E-state index in [-0.39, 0.29) is 5.56 Å². The van der Waals surface area contributed by atoms with Crippen molar-refractivity contribution in [2.45, 2.75) is 5.60 Å². The maximum atomic E-state index is 12.2. The third kappa shape index (κ3) is 2.27. The Morgan fingerprint density at radius 2 is 1.32 bits per heavy atom. The van der Waals surface area contributed by atoms with Crippen LogP contribution in [0, 0.1) is 0 Å². The number of H-pyrrole nitrogens is 2. The second kappa shape index (κ2) is 5.46. The minimum atomic E-state index is -1.65. The van der Waals surface area contributed by atoms with Crippen molar-refractivity contribution in [3.8, 4) is 0 Å². The monoisotopic (exact) mass is 294 g/mol. The first-order valence-corrected chi connectivity index (χ1v) is 6.78. The second-order valence-electron chi connectivity index (χ2n) is 4.93. The van der Waals surface area contributed by atoms with Gasteiger partial charge >= 0.3 is 5.69 Å². The predicted molar refractivity (Wildman–Crippen MR) is 82.7 cm³/mol. The summed E-state index contributed by atoms with van der Waals surface area (Å²) in [6, 6.07) is 17.7. The Balaban J connectivity index is 2.33. The van der Waals surface area contributed by atoms with E-state index >= 15 is 0 Å². The Bertz CT molecular complexity index is 843. The van der Waals surface area contributed by atoms with Crippen LogP contribution in [0.15, 0.2) is 76.4 Å². The van der Waals surface area contributed by atoms with Crippen molar-refractivity contribution in [2.24, 2.45) is 0 Å². The fraction of sp³-hybridized carbons (Fsp3) is 0.0588. The van der Waals surface area contributed by atoms with Crippen LogP contribution in [0.4, 0.5) is 0 Å². The molecule has 1 aromatic heterocycles. The zero-order chi connectivity index (χ0) is 15.6. The van der Waals surface area contributed by atoms with Gasteiger partial charge in [0.2, 0.25) is 0 Å². The molecule has 5 heteroatoms. The molecule has 1 heterocycles. The normalized spacial score (nSPS) is 11.3. The molecule has 0 unspecified atom stereocenters. The van der Waals surface area contributed by atoms with Gasteiger partial charge in [-0.05, 0) is 11.1 Å². The zero-order valence-corrected chi connectivity index (χ0v) is 11.6. The summed E-state index contributed by atoms with van der Waals surface area (Å²) in [5.74, 6) is 0. The Morgan fingerprint density at radius 1 is 0.818 bits per heavy atom. The van der Waals surface area contributed by atoms with Crippen LogP contribution in [0.2, 0.25) is 0 Å². The smallest absolute Gasteiger partial charge is 0.325 e. The fourth-order valence-electron chi connectivity index (χ4n) is 2.51. The molecule has 3 rings (SSSR count). The third-order valence-corrected chi connectivity index (χ3v) is 3.59. The molecule has 0 saturated carbocycles. The molecule has 3 N–H and O–H groups in total. The van der Waals surface area contributed by atoms with E-state index in [4.69, 9.17) is 0 Å². The molecule has 0 aliphatic rings. The highest BCUT2D eigenvalue weighted by Gasteiger charge is 2.36. The SMILES string of the molecule is O=c1[nH]cc(C(O)(c2ccccc2)c2ccccc2)c(=O)[nH]1. The highest BCUT2D eigenvalue weighted by atomic mass is 16.3. The van der Waals surface area contributed by atoms with E-state index in [1.807, 2.05) is 12.1 Å². The van der Waals surface area contributed by atoms with Gasteiger partial charge in [-0.2, -0.15) is 0 Å². The van der Waals surface area contributed by atoms with Crippen LogP contribution in [-0.2, 0) is 5.60 Å². The topological polar surface area (TPSA) is 85.9 Å². The molecule has 2 aromatic carbocycles. The number of hydrogen-bond donors (Lipinski definition) is 3. The van der Waals surface area contributed by atoms with Gasteiger partial charge in [0.25, 0.3) is 5.56 Å². The lowest BCUT2D eigenvalue weighted by atomic mass is 9.81. The minimum Gasteiger partial charge on any atom is -0.376 e. The number of hydrogen-bond acceptors (Lipinski definition) is 3. The molecule has 0 fully saturated rings. The van der Waals surface area contributed by atoms with Crippen molar-refractivity contribution in [2.75, 3.05) is 0 Å². The largest absolute Gasteiger partial charge is 0.376 e. The van der Waals surface area contributed by atoms with E-state index in [2.05, 4.69) is 9.97 Å². The summed E-state index contributed by atoms with van der Waals surface area (Å²) in [7, 11) is 0. The van der Waals surface area contributed by atoms with Crippen LogP contribution in [0.3, 0.4) is 0 Å². The molecule has 0 saturated heterocycles. The summed E-state index contributed by atoms with van der Waals surface area (Å²) < 4.78 is 0. The van der Waals surface area contributed by atoms with Crippen molar-refractivity contribution >= 4 is 0 Å². The average Bonchev–Trinajstić information content (AvgIpc) is 2.56. The summed E-state index contributed by atoms with van der Waals surface area (Å²) in [6.07, 6.45) is 1.25. The first-order valence-electron chi connectivity index (χ1n) is 6.78. The Morgan fingerprint density at radius 3 is 1.77 bits per heavy atom. The highest BCUT2D eigenvalue weighted by Crippen LogP contribution is 2.34. The predicted octanol–water partition coefficient (Wildman–Crippen LogP) is 1.35. The summed E-state index contributed by atoms with van der Waals surface area (Å²) in [5.41, 5.74) is -1.75. The molecule has 0 radical (unpaired) electrons. The molecular weight excluding hydrogens is 280 g/mol. The quantitative estimate of drug-likeness (QED) is 0.681.